The molecular weight excluding hydrogens is 478 g/mol. The fourth-order valence-electron chi connectivity index (χ4n) is 4.04. The molecule has 0 amide bonds. The molecule has 0 fully saturated rings. The summed E-state index contributed by atoms with van der Waals surface area (Å²) in [5.41, 5.74) is 3.67. The number of hydrogen-bond acceptors (Lipinski definition) is 5. The van der Waals surface area contributed by atoms with E-state index in [1.54, 1.807) is 0 Å². The first kappa shape index (κ1) is 25.9. The van der Waals surface area contributed by atoms with Crippen LogP contribution in [0.25, 0.3) is 22.5 Å². The third-order valence-corrected chi connectivity index (χ3v) is 7.89. The van der Waals surface area contributed by atoms with Crippen molar-refractivity contribution in [1.82, 2.24) is 14.5 Å². The van der Waals surface area contributed by atoms with E-state index >= 15 is 0 Å². The highest BCUT2D eigenvalue weighted by Gasteiger charge is 2.28. The number of fused-ring (bicyclic) bond motifs is 5. The number of halogens is 1. The Balaban J connectivity index is 1.72. The summed E-state index contributed by atoms with van der Waals surface area (Å²) in [6, 6.07) is 14.8. The Morgan fingerprint density at radius 1 is 1.00 bits per heavy atom. The van der Waals surface area contributed by atoms with Crippen LogP contribution in [-0.4, -0.2) is 56.4 Å². The van der Waals surface area contributed by atoms with Gasteiger partial charge >= 0.3 is 0 Å². The summed E-state index contributed by atoms with van der Waals surface area (Å²) in [7, 11) is 2.95. The standard InChI is InChI=1S/C27H36ClN3O3Si/c1-30(2)13-8-14-32-18-25-29-26-21-9-6-7-10-23(21)34-24-12-11-20(28)17-22(24)27(26)31(25)19-33-15-16-35(3,4)5/h6-7,9-12,17H,8,13-16,18-19H2,1-5H3. The van der Waals surface area contributed by atoms with E-state index in [1.165, 1.54) is 0 Å². The molecule has 35 heavy (non-hydrogen) atoms. The van der Waals surface area contributed by atoms with Crippen LogP contribution in [0.4, 0.5) is 0 Å². The monoisotopic (exact) mass is 513 g/mol. The summed E-state index contributed by atoms with van der Waals surface area (Å²) >= 11 is 6.45. The SMILES string of the molecule is CN(C)CCCOCc1nc2c(n1COCC[Si](C)(C)C)-c1cc(Cl)ccc1Oc1ccccc1-2. The molecule has 1 aromatic heterocycles. The number of para-hydroxylation sites is 1. The fourth-order valence-corrected chi connectivity index (χ4v) is 4.96. The van der Waals surface area contributed by atoms with E-state index in [-0.39, 0.29) is 0 Å². The number of imidazole rings is 1. The van der Waals surface area contributed by atoms with Crippen molar-refractivity contribution in [1.29, 1.82) is 0 Å². The van der Waals surface area contributed by atoms with Crippen molar-refractivity contribution < 1.29 is 14.2 Å². The zero-order valence-electron chi connectivity index (χ0n) is 21.4. The maximum atomic E-state index is 6.45. The highest BCUT2D eigenvalue weighted by Crippen LogP contribution is 2.47. The summed E-state index contributed by atoms with van der Waals surface area (Å²) in [5.74, 6) is 2.37. The maximum absolute atomic E-state index is 6.45. The lowest BCUT2D eigenvalue weighted by atomic mass is 10.0. The Morgan fingerprint density at radius 3 is 2.54 bits per heavy atom. The lowest BCUT2D eigenvalue weighted by molar-refractivity contribution is 0.0707. The molecule has 0 spiro atoms. The minimum absolute atomic E-state index is 0.400. The molecule has 3 aromatic rings. The second kappa shape index (κ2) is 11.3. The number of nitrogens with zero attached hydrogens (tertiary/aromatic N) is 3. The molecule has 0 aliphatic carbocycles. The van der Waals surface area contributed by atoms with E-state index < -0.39 is 8.07 Å². The molecule has 0 atom stereocenters. The largest absolute Gasteiger partial charge is 0.456 e. The van der Waals surface area contributed by atoms with Gasteiger partial charge in [0.05, 0.1) is 5.69 Å². The minimum atomic E-state index is -1.20. The molecule has 6 nitrogen and oxygen atoms in total. The number of rotatable bonds is 11. The lowest BCUT2D eigenvalue weighted by Crippen LogP contribution is -2.22. The van der Waals surface area contributed by atoms with E-state index in [9.17, 15) is 0 Å². The number of aromatic nitrogens is 2. The van der Waals surface area contributed by atoms with Crippen LogP contribution in [0.5, 0.6) is 11.5 Å². The van der Waals surface area contributed by atoms with Gasteiger partial charge in [0.2, 0.25) is 0 Å². The van der Waals surface area contributed by atoms with Crippen LogP contribution in [0.1, 0.15) is 12.2 Å². The van der Waals surface area contributed by atoms with Gasteiger partial charge in [0, 0.05) is 37.4 Å². The Hall–Kier alpha value is -2.16. The lowest BCUT2D eigenvalue weighted by Gasteiger charge is -2.18. The van der Waals surface area contributed by atoms with E-state index in [0.29, 0.717) is 25.0 Å². The Bertz CT molecular complexity index is 1160. The van der Waals surface area contributed by atoms with Crippen LogP contribution in [-0.2, 0) is 22.8 Å². The van der Waals surface area contributed by atoms with Gasteiger partial charge in [-0.15, -0.1) is 0 Å². The molecule has 0 radical (unpaired) electrons. The highest BCUT2D eigenvalue weighted by atomic mass is 35.5. The number of hydrogen-bond donors (Lipinski definition) is 0. The highest BCUT2D eigenvalue weighted by molar-refractivity contribution is 6.76. The molecule has 8 heteroatoms. The fraction of sp³-hybridized carbons (Fsp3) is 0.444. The van der Waals surface area contributed by atoms with Crippen molar-refractivity contribution in [3.05, 3.63) is 53.3 Å². The Morgan fingerprint density at radius 2 is 1.77 bits per heavy atom. The predicted molar refractivity (Wildman–Crippen MR) is 145 cm³/mol. The second-order valence-corrected chi connectivity index (χ2v) is 16.5. The van der Waals surface area contributed by atoms with Crippen molar-refractivity contribution in [2.45, 2.75) is 45.4 Å². The van der Waals surface area contributed by atoms with Crippen molar-refractivity contribution >= 4 is 19.7 Å². The van der Waals surface area contributed by atoms with Gasteiger partial charge in [-0.25, -0.2) is 4.98 Å². The second-order valence-electron chi connectivity index (χ2n) is 10.4. The molecule has 0 bridgehead atoms. The average Bonchev–Trinajstić information content (AvgIpc) is 3.08. The number of benzene rings is 2. The van der Waals surface area contributed by atoms with Gasteiger partial charge < -0.3 is 23.7 Å². The first-order valence-corrected chi connectivity index (χ1v) is 16.3. The van der Waals surface area contributed by atoms with E-state index in [2.05, 4.69) is 43.2 Å². The van der Waals surface area contributed by atoms with Gasteiger partial charge in [0.15, 0.2) is 0 Å². The predicted octanol–water partition coefficient (Wildman–Crippen LogP) is 6.76. The van der Waals surface area contributed by atoms with E-state index in [4.69, 9.17) is 30.8 Å². The topological polar surface area (TPSA) is 48.8 Å². The maximum Gasteiger partial charge on any atom is 0.137 e. The van der Waals surface area contributed by atoms with Gasteiger partial charge in [-0.1, -0.05) is 43.4 Å². The van der Waals surface area contributed by atoms with Crippen LogP contribution < -0.4 is 4.74 Å². The smallest absolute Gasteiger partial charge is 0.137 e. The average molecular weight is 514 g/mol. The van der Waals surface area contributed by atoms with Gasteiger partial charge in [-0.2, -0.15) is 0 Å². The zero-order chi connectivity index (χ0) is 25.0. The van der Waals surface area contributed by atoms with Crippen molar-refractivity contribution in [3.63, 3.8) is 0 Å². The molecule has 1 aliphatic heterocycles. The summed E-state index contributed by atoms with van der Waals surface area (Å²) in [6.45, 7) is 10.3. The van der Waals surface area contributed by atoms with E-state index in [0.717, 1.165) is 65.5 Å². The van der Waals surface area contributed by atoms with Gasteiger partial charge in [-0.05, 0) is 63.4 Å². The molecular formula is C27H36ClN3O3Si. The molecule has 0 saturated heterocycles. The van der Waals surface area contributed by atoms with Crippen LogP contribution in [0.3, 0.4) is 0 Å². The van der Waals surface area contributed by atoms with Gasteiger partial charge in [0.1, 0.15) is 36.4 Å². The summed E-state index contributed by atoms with van der Waals surface area (Å²) in [5, 5.41) is 0.651. The Labute approximate surface area is 214 Å². The van der Waals surface area contributed by atoms with Gasteiger partial charge in [-0.3, -0.25) is 0 Å². The molecule has 0 saturated carbocycles. The van der Waals surface area contributed by atoms with Crippen LogP contribution in [0.15, 0.2) is 42.5 Å². The first-order chi connectivity index (χ1) is 16.7. The minimum Gasteiger partial charge on any atom is -0.456 e. The molecule has 188 valence electrons. The van der Waals surface area contributed by atoms with E-state index in [1.807, 2.05) is 42.5 Å². The summed E-state index contributed by atoms with van der Waals surface area (Å²) in [6.07, 6.45) is 0.968. The third kappa shape index (κ3) is 6.54. The summed E-state index contributed by atoms with van der Waals surface area (Å²) < 4.78 is 20.7. The van der Waals surface area contributed by atoms with Crippen LogP contribution >= 0.6 is 11.6 Å². The van der Waals surface area contributed by atoms with Crippen molar-refractivity contribution in [3.8, 4) is 34.0 Å². The molecule has 2 aromatic carbocycles. The van der Waals surface area contributed by atoms with Crippen LogP contribution in [0, 0.1) is 0 Å². The number of ether oxygens (including phenoxy) is 3. The third-order valence-electron chi connectivity index (χ3n) is 5.95. The Kier molecular flexibility index (Phi) is 8.34. The van der Waals surface area contributed by atoms with Crippen molar-refractivity contribution in [2.24, 2.45) is 0 Å². The molecule has 2 heterocycles. The normalized spacial score (nSPS) is 12.7. The summed E-state index contributed by atoms with van der Waals surface area (Å²) in [4.78, 5) is 7.24. The van der Waals surface area contributed by atoms with Crippen molar-refractivity contribution in [2.75, 3.05) is 33.9 Å². The van der Waals surface area contributed by atoms with Crippen LogP contribution in [0.2, 0.25) is 30.7 Å². The molecule has 0 unspecified atom stereocenters. The quantitative estimate of drug-likeness (QED) is 0.164. The molecule has 4 rings (SSSR count). The van der Waals surface area contributed by atoms with Gasteiger partial charge in [0.25, 0.3) is 0 Å². The molecule has 1 aliphatic rings. The molecule has 0 N–H and O–H groups in total. The first-order valence-electron chi connectivity index (χ1n) is 12.2. The zero-order valence-corrected chi connectivity index (χ0v) is 23.2.